The first-order valence-electron chi connectivity index (χ1n) is 6.98. The van der Waals surface area contributed by atoms with E-state index < -0.39 is 0 Å². The minimum Gasteiger partial charge on any atom is -0.325 e. The van der Waals surface area contributed by atoms with Gasteiger partial charge in [-0.2, -0.15) is 0 Å². The summed E-state index contributed by atoms with van der Waals surface area (Å²) >= 11 is 0. The Morgan fingerprint density at radius 3 is 3.05 bits per heavy atom. The second-order valence-electron chi connectivity index (χ2n) is 5.51. The smallest absolute Gasteiger partial charge is 0.161 e. The lowest BCUT2D eigenvalue weighted by atomic mass is 9.95. The molecule has 19 heavy (non-hydrogen) atoms. The average Bonchev–Trinajstić information content (AvgIpc) is 2.82. The molecule has 2 N–H and O–H groups in total. The highest BCUT2D eigenvalue weighted by Crippen LogP contribution is 2.20. The molecule has 1 saturated heterocycles. The Kier molecular flexibility index (Phi) is 3.48. The highest BCUT2D eigenvalue weighted by molar-refractivity contribution is 5.40. The predicted molar refractivity (Wildman–Crippen MR) is 74.8 cm³/mol. The van der Waals surface area contributed by atoms with Crippen molar-refractivity contribution in [3.63, 3.8) is 0 Å². The highest BCUT2D eigenvalue weighted by atomic mass is 15.3. The van der Waals surface area contributed by atoms with Crippen molar-refractivity contribution in [1.82, 2.24) is 19.5 Å². The molecule has 1 atom stereocenters. The van der Waals surface area contributed by atoms with E-state index in [2.05, 4.69) is 26.5 Å². The van der Waals surface area contributed by atoms with Gasteiger partial charge in [0.1, 0.15) is 5.82 Å². The van der Waals surface area contributed by atoms with Crippen LogP contribution >= 0.6 is 0 Å². The number of fused-ring (bicyclic) bond motifs is 1. The van der Waals surface area contributed by atoms with Crippen LogP contribution in [0.5, 0.6) is 0 Å². The Morgan fingerprint density at radius 1 is 1.37 bits per heavy atom. The molecule has 0 spiro atoms. The van der Waals surface area contributed by atoms with Crippen molar-refractivity contribution in [2.24, 2.45) is 11.7 Å². The largest absolute Gasteiger partial charge is 0.325 e. The van der Waals surface area contributed by atoms with Gasteiger partial charge in [-0.1, -0.05) is 6.07 Å². The van der Waals surface area contributed by atoms with Gasteiger partial charge in [-0.05, 0) is 44.5 Å². The number of nitrogens with zero attached hydrogens (tertiary/aromatic N) is 4. The number of aromatic nitrogens is 3. The first-order valence-corrected chi connectivity index (χ1v) is 6.98. The molecule has 1 fully saturated rings. The summed E-state index contributed by atoms with van der Waals surface area (Å²) in [4.78, 5) is 2.40. The van der Waals surface area contributed by atoms with Crippen LogP contribution in [0.4, 0.5) is 0 Å². The molecular formula is C14H21N5. The normalized spacial score (nSPS) is 21.1. The molecule has 3 heterocycles. The Labute approximate surface area is 113 Å². The van der Waals surface area contributed by atoms with Gasteiger partial charge in [-0.25, -0.2) is 0 Å². The van der Waals surface area contributed by atoms with Gasteiger partial charge in [0.15, 0.2) is 5.65 Å². The Bertz CT molecular complexity index is 562. The summed E-state index contributed by atoms with van der Waals surface area (Å²) in [6.07, 6.45) is 3.55. The van der Waals surface area contributed by atoms with Gasteiger partial charge in [0.2, 0.25) is 0 Å². The van der Waals surface area contributed by atoms with Gasteiger partial charge < -0.3 is 10.6 Å². The lowest BCUT2D eigenvalue weighted by molar-refractivity contribution is 0.207. The zero-order valence-corrected chi connectivity index (χ0v) is 11.4. The van der Waals surface area contributed by atoms with Crippen LogP contribution < -0.4 is 5.73 Å². The highest BCUT2D eigenvalue weighted by Gasteiger charge is 2.20. The van der Waals surface area contributed by atoms with Crippen LogP contribution in [-0.4, -0.2) is 39.6 Å². The molecule has 2 aromatic heterocycles. The summed E-state index contributed by atoms with van der Waals surface area (Å²) in [5, 5.41) is 8.62. The Balaban J connectivity index is 1.88. The van der Waals surface area contributed by atoms with E-state index in [0.717, 1.165) is 30.1 Å². The van der Waals surface area contributed by atoms with Crippen molar-refractivity contribution in [1.29, 1.82) is 0 Å². The van der Waals surface area contributed by atoms with Gasteiger partial charge in [0.05, 0.1) is 0 Å². The van der Waals surface area contributed by atoms with Crippen molar-refractivity contribution in [3.8, 4) is 0 Å². The molecule has 0 radical (unpaired) electrons. The van der Waals surface area contributed by atoms with Gasteiger partial charge in [0.25, 0.3) is 0 Å². The van der Waals surface area contributed by atoms with Crippen LogP contribution in [0.15, 0.2) is 18.2 Å². The van der Waals surface area contributed by atoms with E-state index in [4.69, 9.17) is 5.73 Å². The molecule has 1 aliphatic rings. The molecule has 2 aromatic rings. The molecule has 0 aliphatic carbocycles. The second kappa shape index (κ2) is 5.27. The number of rotatable bonds is 3. The predicted octanol–water partition coefficient (Wildman–Crippen LogP) is 1.07. The lowest BCUT2D eigenvalue weighted by Gasteiger charge is -2.29. The minimum atomic E-state index is 0.521. The molecule has 3 rings (SSSR count). The molecule has 102 valence electrons. The van der Waals surface area contributed by atoms with E-state index in [9.17, 15) is 0 Å². The molecule has 1 unspecified atom stereocenters. The fraction of sp³-hybridized carbons (Fsp3) is 0.571. The van der Waals surface area contributed by atoms with Crippen LogP contribution in [0.2, 0.25) is 0 Å². The number of hydrogen-bond donors (Lipinski definition) is 1. The molecule has 0 bridgehead atoms. The number of likely N-dealkylation sites (tertiary alicyclic amines) is 1. The van der Waals surface area contributed by atoms with Crippen molar-refractivity contribution in [2.75, 3.05) is 20.1 Å². The molecule has 5 nitrogen and oxygen atoms in total. The van der Waals surface area contributed by atoms with Crippen LogP contribution in [0.1, 0.15) is 24.4 Å². The summed E-state index contributed by atoms with van der Waals surface area (Å²) in [5.74, 6) is 1.73. The number of nitrogens with two attached hydrogens (primary N) is 1. The van der Waals surface area contributed by atoms with E-state index in [1.807, 2.05) is 18.2 Å². The van der Waals surface area contributed by atoms with Crippen molar-refractivity contribution in [2.45, 2.75) is 25.8 Å². The van der Waals surface area contributed by atoms with Gasteiger partial charge in [-0.3, -0.25) is 4.40 Å². The fourth-order valence-electron chi connectivity index (χ4n) is 3.06. The molecule has 0 amide bonds. The van der Waals surface area contributed by atoms with Gasteiger partial charge in [0, 0.05) is 25.2 Å². The van der Waals surface area contributed by atoms with E-state index >= 15 is 0 Å². The first-order chi connectivity index (χ1) is 9.28. The molecule has 0 saturated carbocycles. The third kappa shape index (κ3) is 2.48. The van der Waals surface area contributed by atoms with E-state index in [-0.39, 0.29) is 0 Å². The zero-order chi connectivity index (χ0) is 13.2. The van der Waals surface area contributed by atoms with Crippen LogP contribution in [0.25, 0.3) is 5.65 Å². The zero-order valence-electron chi connectivity index (χ0n) is 11.4. The Hall–Kier alpha value is -1.46. The summed E-state index contributed by atoms with van der Waals surface area (Å²) in [7, 11) is 2.19. The maximum atomic E-state index is 5.81. The van der Waals surface area contributed by atoms with Crippen molar-refractivity contribution < 1.29 is 0 Å². The average molecular weight is 259 g/mol. The Morgan fingerprint density at radius 2 is 2.26 bits per heavy atom. The number of hydrogen-bond acceptors (Lipinski definition) is 4. The minimum absolute atomic E-state index is 0.521. The van der Waals surface area contributed by atoms with Crippen molar-refractivity contribution >= 4 is 5.65 Å². The third-order valence-electron chi connectivity index (χ3n) is 3.98. The molecule has 0 aromatic carbocycles. The van der Waals surface area contributed by atoms with Crippen LogP contribution in [0, 0.1) is 5.92 Å². The summed E-state index contributed by atoms with van der Waals surface area (Å²) in [6, 6.07) is 6.03. The third-order valence-corrected chi connectivity index (χ3v) is 3.98. The van der Waals surface area contributed by atoms with Gasteiger partial charge in [-0.15, -0.1) is 10.2 Å². The number of pyridine rings is 1. The van der Waals surface area contributed by atoms with E-state index in [0.29, 0.717) is 12.5 Å². The quantitative estimate of drug-likeness (QED) is 0.896. The SMILES string of the molecule is CN1CCCC(Cc2nnc3cccc(CN)n23)C1. The number of piperidine rings is 1. The summed E-state index contributed by atoms with van der Waals surface area (Å²) in [6.45, 7) is 2.89. The topological polar surface area (TPSA) is 59.5 Å². The molecular weight excluding hydrogens is 238 g/mol. The first kappa shape index (κ1) is 12.6. The maximum absolute atomic E-state index is 5.81. The standard InChI is InChI=1S/C14H21N5/c1-18-7-3-4-11(10-18)8-14-17-16-13-6-2-5-12(9-15)19(13)14/h2,5-6,11H,3-4,7-10,15H2,1H3. The maximum Gasteiger partial charge on any atom is 0.161 e. The second-order valence-corrected chi connectivity index (χ2v) is 5.51. The van der Waals surface area contributed by atoms with E-state index in [1.54, 1.807) is 0 Å². The van der Waals surface area contributed by atoms with Gasteiger partial charge >= 0.3 is 0 Å². The van der Waals surface area contributed by atoms with Crippen LogP contribution in [-0.2, 0) is 13.0 Å². The van der Waals surface area contributed by atoms with Crippen molar-refractivity contribution in [3.05, 3.63) is 29.7 Å². The van der Waals surface area contributed by atoms with Crippen LogP contribution in [0.3, 0.4) is 0 Å². The van der Waals surface area contributed by atoms with E-state index in [1.165, 1.54) is 19.4 Å². The molecule has 5 heteroatoms. The monoisotopic (exact) mass is 259 g/mol. The lowest BCUT2D eigenvalue weighted by Crippen LogP contribution is -2.33. The fourth-order valence-corrected chi connectivity index (χ4v) is 3.06. The summed E-state index contributed by atoms with van der Waals surface area (Å²) in [5.41, 5.74) is 7.80. The molecule has 1 aliphatic heterocycles. The summed E-state index contributed by atoms with van der Waals surface area (Å²) < 4.78 is 2.12.